The summed E-state index contributed by atoms with van der Waals surface area (Å²) in [6.45, 7) is 2.08. The summed E-state index contributed by atoms with van der Waals surface area (Å²) in [5, 5.41) is 0. The summed E-state index contributed by atoms with van der Waals surface area (Å²) in [5.41, 5.74) is 5.06. The van der Waals surface area contributed by atoms with Gasteiger partial charge < -0.3 is 5.73 Å². The first-order chi connectivity index (χ1) is 4.70. The Morgan fingerprint density at radius 2 is 2.40 bits per heavy atom. The maximum Gasteiger partial charge on any atom is 0.242 e. The Bertz CT molecular complexity index is 165. The van der Waals surface area contributed by atoms with E-state index in [1.54, 1.807) is 0 Å². The van der Waals surface area contributed by atoms with E-state index >= 15 is 0 Å². The fourth-order valence-corrected chi connectivity index (χ4v) is 1.04. The number of nitrogens with zero attached hydrogens (tertiary/aromatic N) is 1. The Hall–Kier alpha value is -0.860. The number of hydrogen-bond acceptors (Lipinski definition) is 2. The van der Waals surface area contributed by atoms with Crippen molar-refractivity contribution in [2.24, 2.45) is 16.6 Å². The van der Waals surface area contributed by atoms with E-state index in [0.29, 0.717) is 5.92 Å². The Morgan fingerprint density at radius 3 is 2.80 bits per heavy atom. The molecule has 0 fully saturated rings. The van der Waals surface area contributed by atoms with Crippen LogP contribution in [0.4, 0.5) is 0 Å². The summed E-state index contributed by atoms with van der Waals surface area (Å²) < 4.78 is 0. The van der Waals surface area contributed by atoms with Crippen molar-refractivity contribution in [1.82, 2.24) is 0 Å². The second-order valence-corrected chi connectivity index (χ2v) is 2.77. The quantitative estimate of drug-likeness (QED) is 0.561. The number of primary amides is 1. The van der Waals surface area contributed by atoms with Crippen LogP contribution in [0.25, 0.3) is 0 Å². The molecular formula is C7H12N2O. The van der Waals surface area contributed by atoms with Crippen LogP contribution in [0.3, 0.4) is 0 Å². The van der Waals surface area contributed by atoms with Crippen molar-refractivity contribution in [3.05, 3.63) is 0 Å². The van der Waals surface area contributed by atoms with Gasteiger partial charge >= 0.3 is 0 Å². The second kappa shape index (κ2) is 2.82. The summed E-state index contributed by atoms with van der Waals surface area (Å²) in [4.78, 5) is 14.6. The predicted molar refractivity (Wildman–Crippen MR) is 39.9 cm³/mol. The van der Waals surface area contributed by atoms with Gasteiger partial charge in [0, 0.05) is 6.21 Å². The molecule has 0 bridgehead atoms. The Kier molecular flexibility index (Phi) is 2.04. The van der Waals surface area contributed by atoms with Gasteiger partial charge in [0.25, 0.3) is 0 Å². The fourth-order valence-electron chi connectivity index (χ4n) is 1.04. The highest BCUT2D eigenvalue weighted by molar-refractivity contribution is 5.82. The van der Waals surface area contributed by atoms with Crippen molar-refractivity contribution in [1.29, 1.82) is 0 Å². The van der Waals surface area contributed by atoms with Gasteiger partial charge in [0.1, 0.15) is 6.04 Å². The van der Waals surface area contributed by atoms with Crippen molar-refractivity contribution in [3.63, 3.8) is 0 Å². The standard InChI is InChI=1S/C7H12N2O/c1-5-2-3-6(7(8)10)9-4-5/h4-6H,2-3H2,1H3,(H2,8,10). The number of hydrogen-bond donors (Lipinski definition) is 1. The lowest BCUT2D eigenvalue weighted by Gasteiger charge is -2.16. The zero-order valence-electron chi connectivity index (χ0n) is 6.08. The van der Waals surface area contributed by atoms with Crippen LogP contribution in [0.5, 0.6) is 0 Å². The van der Waals surface area contributed by atoms with E-state index < -0.39 is 0 Å². The minimum atomic E-state index is -0.303. The molecule has 1 heterocycles. The summed E-state index contributed by atoms with van der Waals surface area (Å²) in [7, 11) is 0. The van der Waals surface area contributed by atoms with Gasteiger partial charge in [-0.25, -0.2) is 0 Å². The van der Waals surface area contributed by atoms with Crippen LogP contribution in [-0.4, -0.2) is 18.2 Å². The van der Waals surface area contributed by atoms with Gasteiger partial charge in [-0.3, -0.25) is 9.79 Å². The van der Waals surface area contributed by atoms with E-state index in [-0.39, 0.29) is 11.9 Å². The summed E-state index contributed by atoms with van der Waals surface area (Å²) in [5.74, 6) is 0.207. The molecule has 2 N–H and O–H groups in total. The minimum absolute atomic E-state index is 0.254. The lowest BCUT2D eigenvalue weighted by atomic mass is 9.99. The molecule has 1 amide bonds. The Labute approximate surface area is 60.3 Å². The normalized spacial score (nSPS) is 32.1. The Morgan fingerprint density at radius 1 is 1.70 bits per heavy atom. The van der Waals surface area contributed by atoms with Crippen LogP contribution in [0.2, 0.25) is 0 Å². The van der Waals surface area contributed by atoms with Crippen LogP contribution in [0, 0.1) is 5.92 Å². The third-order valence-electron chi connectivity index (χ3n) is 1.74. The third kappa shape index (κ3) is 1.56. The van der Waals surface area contributed by atoms with Gasteiger partial charge in [-0.1, -0.05) is 6.92 Å². The molecular weight excluding hydrogens is 128 g/mol. The van der Waals surface area contributed by atoms with Crippen LogP contribution >= 0.6 is 0 Å². The molecule has 0 aliphatic carbocycles. The van der Waals surface area contributed by atoms with Gasteiger partial charge in [0.05, 0.1) is 0 Å². The summed E-state index contributed by atoms with van der Waals surface area (Å²) in [6.07, 6.45) is 3.66. The van der Waals surface area contributed by atoms with Crippen LogP contribution in [-0.2, 0) is 4.79 Å². The van der Waals surface area contributed by atoms with E-state index in [0.717, 1.165) is 12.8 Å². The van der Waals surface area contributed by atoms with Crippen molar-refractivity contribution in [2.75, 3.05) is 0 Å². The highest BCUT2D eigenvalue weighted by atomic mass is 16.1. The third-order valence-corrected chi connectivity index (χ3v) is 1.74. The number of amides is 1. The summed E-state index contributed by atoms with van der Waals surface area (Å²) >= 11 is 0. The maximum absolute atomic E-state index is 10.6. The number of carbonyl (C=O) groups is 1. The van der Waals surface area contributed by atoms with E-state index in [1.165, 1.54) is 0 Å². The minimum Gasteiger partial charge on any atom is -0.368 e. The van der Waals surface area contributed by atoms with Gasteiger partial charge in [0.15, 0.2) is 0 Å². The molecule has 1 aliphatic rings. The average Bonchev–Trinajstić information content (AvgIpc) is 1.88. The lowest BCUT2D eigenvalue weighted by molar-refractivity contribution is -0.119. The zero-order chi connectivity index (χ0) is 7.56. The molecule has 0 aromatic rings. The molecule has 10 heavy (non-hydrogen) atoms. The van der Waals surface area contributed by atoms with E-state index in [9.17, 15) is 4.79 Å². The van der Waals surface area contributed by atoms with Gasteiger partial charge in [-0.15, -0.1) is 0 Å². The smallest absolute Gasteiger partial charge is 0.242 e. The van der Waals surface area contributed by atoms with Gasteiger partial charge in [-0.2, -0.15) is 0 Å². The van der Waals surface area contributed by atoms with Crippen LogP contribution < -0.4 is 5.73 Å². The molecule has 3 nitrogen and oxygen atoms in total. The van der Waals surface area contributed by atoms with Crippen molar-refractivity contribution in [3.8, 4) is 0 Å². The molecule has 0 saturated carbocycles. The van der Waals surface area contributed by atoms with Crippen molar-refractivity contribution >= 4 is 12.1 Å². The predicted octanol–water partition coefficient (Wildman–Crippen LogP) is 0.341. The van der Waals surface area contributed by atoms with E-state index in [4.69, 9.17) is 5.73 Å². The monoisotopic (exact) mass is 140 g/mol. The van der Waals surface area contributed by atoms with E-state index in [1.807, 2.05) is 6.21 Å². The highest BCUT2D eigenvalue weighted by Gasteiger charge is 2.17. The molecule has 0 aromatic heterocycles. The van der Waals surface area contributed by atoms with Crippen molar-refractivity contribution in [2.45, 2.75) is 25.8 Å². The van der Waals surface area contributed by atoms with Crippen molar-refractivity contribution < 1.29 is 4.79 Å². The Balaban J connectivity index is 2.53. The maximum atomic E-state index is 10.6. The zero-order valence-corrected chi connectivity index (χ0v) is 6.08. The first-order valence-electron chi connectivity index (χ1n) is 3.53. The van der Waals surface area contributed by atoms with Gasteiger partial charge in [-0.05, 0) is 18.8 Å². The first kappa shape index (κ1) is 7.25. The number of nitrogens with two attached hydrogens (primary N) is 1. The number of rotatable bonds is 1. The molecule has 0 spiro atoms. The molecule has 2 atom stereocenters. The average molecular weight is 140 g/mol. The molecule has 0 radical (unpaired) electrons. The first-order valence-corrected chi connectivity index (χ1v) is 3.53. The lowest BCUT2D eigenvalue weighted by Crippen LogP contribution is -2.30. The number of aliphatic imine (C=N–C) groups is 1. The molecule has 2 unspecified atom stereocenters. The largest absolute Gasteiger partial charge is 0.368 e. The SMILES string of the molecule is CC1C=NC(C(N)=O)CC1. The molecule has 56 valence electrons. The molecule has 0 aromatic carbocycles. The molecule has 1 rings (SSSR count). The van der Waals surface area contributed by atoms with Crippen LogP contribution in [0.15, 0.2) is 4.99 Å². The number of carbonyl (C=O) groups excluding carboxylic acids is 1. The molecule has 0 saturated heterocycles. The summed E-state index contributed by atoms with van der Waals surface area (Å²) in [6, 6.07) is -0.254. The van der Waals surface area contributed by atoms with Gasteiger partial charge in [0.2, 0.25) is 5.91 Å². The highest BCUT2D eigenvalue weighted by Crippen LogP contribution is 2.13. The second-order valence-electron chi connectivity index (χ2n) is 2.77. The van der Waals surface area contributed by atoms with Crippen LogP contribution in [0.1, 0.15) is 19.8 Å². The molecule has 1 aliphatic heterocycles. The topological polar surface area (TPSA) is 55.4 Å². The van der Waals surface area contributed by atoms with E-state index in [2.05, 4.69) is 11.9 Å². The molecule has 3 heteroatoms. The fraction of sp³-hybridized carbons (Fsp3) is 0.714.